The molecule has 164 valence electrons. The second kappa shape index (κ2) is 8.49. The van der Waals surface area contributed by atoms with E-state index in [9.17, 15) is 13.2 Å². The Morgan fingerprint density at radius 1 is 1.10 bits per heavy atom. The van der Waals surface area contributed by atoms with E-state index < -0.39 is 10.0 Å². The third-order valence-electron chi connectivity index (χ3n) is 5.85. The van der Waals surface area contributed by atoms with E-state index in [0.29, 0.717) is 24.2 Å². The number of amides is 1. The number of aryl methyl sites for hydroxylation is 3. The predicted molar refractivity (Wildman–Crippen MR) is 114 cm³/mol. The van der Waals surface area contributed by atoms with Gasteiger partial charge in [0.2, 0.25) is 10.0 Å². The van der Waals surface area contributed by atoms with E-state index in [1.165, 1.54) is 24.5 Å². The molecule has 1 fully saturated rings. The van der Waals surface area contributed by atoms with Crippen molar-refractivity contribution in [1.82, 2.24) is 19.3 Å². The molecule has 3 rings (SSSR count). The topological polar surface area (TPSA) is 87.0 Å². The third-order valence-corrected chi connectivity index (χ3v) is 7.79. The molecule has 0 radical (unpaired) electrons. The highest BCUT2D eigenvalue weighted by atomic mass is 32.2. The Balaban J connectivity index is 1.75. The van der Waals surface area contributed by atoms with E-state index in [4.69, 9.17) is 4.52 Å². The molecule has 2 heterocycles. The molecule has 8 nitrogen and oxygen atoms in total. The van der Waals surface area contributed by atoms with Crippen LogP contribution in [0.25, 0.3) is 0 Å². The number of carbonyl (C=O) groups excluding carboxylic acids is 1. The number of piperazine rings is 1. The maximum Gasteiger partial charge on any atom is 0.253 e. The lowest BCUT2D eigenvalue weighted by Crippen LogP contribution is -2.48. The number of benzene rings is 1. The summed E-state index contributed by atoms with van der Waals surface area (Å²) in [4.78, 5) is 17.4. The summed E-state index contributed by atoms with van der Waals surface area (Å²) in [5, 5.41) is 4.00. The zero-order valence-electron chi connectivity index (χ0n) is 18.5. The normalized spacial score (nSPS) is 15.8. The van der Waals surface area contributed by atoms with Crippen molar-refractivity contribution < 1.29 is 17.7 Å². The number of sulfonamides is 1. The van der Waals surface area contributed by atoms with Gasteiger partial charge in [0.25, 0.3) is 5.91 Å². The maximum absolute atomic E-state index is 13.1. The van der Waals surface area contributed by atoms with E-state index in [1.54, 1.807) is 17.9 Å². The second-order valence-corrected chi connectivity index (χ2v) is 10.2. The molecular weight excluding hydrogens is 404 g/mol. The first-order chi connectivity index (χ1) is 14.0. The molecule has 30 heavy (non-hydrogen) atoms. The number of rotatable bonds is 5. The average Bonchev–Trinajstić information content (AvgIpc) is 3.01. The summed E-state index contributed by atoms with van der Waals surface area (Å²) in [6.07, 6.45) is 0. The molecule has 1 aliphatic rings. The van der Waals surface area contributed by atoms with Crippen LogP contribution in [-0.4, -0.2) is 73.9 Å². The van der Waals surface area contributed by atoms with Crippen LogP contribution in [0.15, 0.2) is 21.6 Å². The highest BCUT2D eigenvalue weighted by Crippen LogP contribution is 2.24. The molecule has 1 aromatic carbocycles. The summed E-state index contributed by atoms with van der Waals surface area (Å²) in [5.41, 5.74) is 3.87. The molecule has 1 aliphatic heterocycles. The molecule has 0 aliphatic carbocycles. The molecule has 0 spiro atoms. The lowest BCUT2D eigenvalue weighted by molar-refractivity contribution is 0.0627. The van der Waals surface area contributed by atoms with Gasteiger partial charge in [0.05, 0.1) is 10.6 Å². The molecule has 2 aromatic rings. The predicted octanol–water partition coefficient (Wildman–Crippen LogP) is 2.12. The van der Waals surface area contributed by atoms with Gasteiger partial charge in [-0.25, -0.2) is 12.7 Å². The lowest BCUT2D eigenvalue weighted by atomic mass is 10.0. The van der Waals surface area contributed by atoms with Crippen LogP contribution >= 0.6 is 0 Å². The minimum absolute atomic E-state index is 0.134. The van der Waals surface area contributed by atoms with Crippen LogP contribution in [0.5, 0.6) is 0 Å². The first-order valence-electron chi connectivity index (χ1n) is 9.99. The van der Waals surface area contributed by atoms with Crippen molar-refractivity contribution in [1.29, 1.82) is 0 Å². The van der Waals surface area contributed by atoms with Crippen LogP contribution < -0.4 is 0 Å². The number of aromatic nitrogens is 1. The standard InChI is InChI=1S/C21H30N4O4S/c1-14-11-18(12-20(15(14)2)30(27,28)23(5)6)21(26)25-9-7-24(8-10-25)13-19-16(3)22-29-17(19)4/h11-12H,7-10,13H2,1-6H3. The molecule has 0 unspecified atom stereocenters. The van der Waals surface area contributed by atoms with Crippen molar-refractivity contribution in [3.05, 3.63) is 45.8 Å². The molecule has 9 heteroatoms. The highest BCUT2D eigenvalue weighted by Gasteiger charge is 2.27. The maximum atomic E-state index is 13.1. The molecule has 1 amide bonds. The Hall–Kier alpha value is -2.23. The van der Waals surface area contributed by atoms with Gasteiger partial charge in [0.15, 0.2) is 0 Å². The molecule has 1 aromatic heterocycles. The van der Waals surface area contributed by atoms with Crippen molar-refractivity contribution in [2.24, 2.45) is 0 Å². The smallest absolute Gasteiger partial charge is 0.253 e. The summed E-state index contributed by atoms with van der Waals surface area (Å²) in [6, 6.07) is 3.29. The van der Waals surface area contributed by atoms with Crippen LogP contribution in [0.2, 0.25) is 0 Å². The van der Waals surface area contributed by atoms with Gasteiger partial charge in [-0.1, -0.05) is 5.16 Å². The lowest BCUT2D eigenvalue weighted by Gasteiger charge is -2.35. The van der Waals surface area contributed by atoms with Crippen LogP contribution in [0.4, 0.5) is 0 Å². The minimum Gasteiger partial charge on any atom is -0.361 e. The van der Waals surface area contributed by atoms with E-state index in [1.807, 2.05) is 20.8 Å². The number of hydrogen-bond acceptors (Lipinski definition) is 6. The van der Waals surface area contributed by atoms with Gasteiger partial charge in [0, 0.05) is 57.9 Å². The summed E-state index contributed by atoms with van der Waals surface area (Å²) in [5.74, 6) is 0.695. The van der Waals surface area contributed by atoms with Crippen molar-refractivity contribution in [2.75, 3.05) is 40.3 Å². The quantitative estimate of drug-likeness (QED) is 0.716. The summed E-state index contributed by atoms with van der Waals surface area (Å²) < 4.78 is 31.8. The van der Waals surface area contributed by atoms with Crippen molar-refractivity contribution in [3.63, 3.8) is 0 Å². The first kappa shape index (κ1) is 22.5. The van der Waals surface area contributed by atoms with Gasteiger partial charge in [-0.3, -0.25) is 9.69 Å². The van der Waals surface area contributed by atoms with E-state index >= 15 is 0 Å². The molecular formula is C21H30N4O4S. The fourth-order valence-corrected chi connectivity index (χ4v) is 4.88. The van der Waals surface area contributed by atoms with Gasteiger partial charge in [-0.05, 0) is 51.0 Å². The molecule has 0 saturated carbocycles. The van der Waals surface area contributed by atoms with Crippen LogP contribution in [0.1, 0.15) is 38.5 Å². The Morgan fingerprint density at radius 3 is 2.27 bits per heavy atom. The first-order valence-corrected chi connectivity index (χ1v) is 11.4. The Morgan fingerprint density at radius 2 is 1.73 bits per heavy atom. The number of carbonyl (C=O) groups is 1. The van der Waals surface area contributed by atoms with Crippen molar-refractivity contribution in [3.8, 4) is 0 Å². The molecule has 0 N–H and O–H groups in total. The van der Waals surface area contributed by atoms with Gasteiger partial charge in [0.1, 0.15) is 5.76 Å². The minimum atomic E-state index is -3.62. The fraction of sp³-hybridized carbons (Fsp3) is 0.524. The van der Waals surface area contributed by atoms with E-state index in [-0.39, 0.29) is 10.8 Å². The highest BCUT2D eigenvalue weighted by molar-refractivity contribution is 7.89. The summed E-state index contributed by atoms with van der Waals surface area (Å²) in [6.45, 7) is 10.9. The van der Waals surface area contributed by atoms with Crippen LogP contribution in [-0.2, 0) is 16.6 Å². The van der Waals surface area contributed by atoms with E-state index in [0.717, 1.165) is 42.2 Å². The van der Waals surface area contributed by atoms with Gasteiger partial charge in [-0.2, -0.15) is 0 Å². The fourth-order valence-electron chi connectivity index (χ4n) is 3.66. The Bertz CT molecular complexity index is 1030. The Labute approximate surface area is 178 Å². The van der Waals surface area contributed by atoms with Crippen LogP contribution in [0, 0.1) is 27.7 Å². The second-order valence-electron chi connectivity index (χ2n) is 8.07. The molecule has 0 bridgehead atoms. The van der Waals surface area contributed by atoms with Crippen molar-refractivity contribution >= 4 is 15.9 Å². The van der Waals surface area contributed by atoms with Crippen molar-refractivity contribution in [2.45, 2.75) is 39.1 Å². The van der Waals surface area contributed by atoms with Crippen LogP contribution in [0.3, 0.4) is 0 Å². The largest absolute Gasteiger partial charge is 0.361 e. The zero-order chi connectivity index (χ0) is 22.2. The summed E-state index contributed by atoms with van der Waals surface area (Å²) in [7, 11) is -0.630. The SMILES string of the molecule is Cc1cc(C(=O)N2CCN(Cc3c(C)noc3C)CC2)cc(S(=O)(=O)N(C)C)c1C. The van der Waals surface area contributed by atoms with Gasteiger partial charge in [-0.15, -0.1) is 0 Å². The summed E-state index contributed by atoms with van der Waals surface area (Å²) >= 11 is 0. The average molecular weight is 435 g/mol. The zero-order valence-corrected chi connectivity index (χ0v) is 19.3. The molecule has 1 saturated heterocycles. The number of nitrogens with zero attached hydrogens (tertiary/aromatic N) is 4. The van der Waals surface area contributed by atoms with E-state index in [2.05, 4.69) is 10.1 Å². The monoisotopic (exact) mass is 434 g/mol. The Kier molecular flexibility index (Phi) is 6.35. The number of hydrogen-bond donors (Lipinski definition) is 0. The van der Waals surface area contributed by atoms with Gasteiger partial charge < -0.3 is 9.42 Å². The third kappa shape index (κ3) is 4.28. The molecule has 0 atom stereocenters. The van der Waals surface area contributed by atoms with Gasteiger partial charge >= 0.3 is 0 Å².